The number of hydrogen-bond acceptors (Lipinski definition) is 3. The van der Waals surface area contributed by atoms with Crippen LogP contribution in [-0.4, -0.2) is 11.8 Å². The summed E-state index contributed by atoms with van der Waals surface area (Å²) >= 11 is 0. The lowest BCUT2D eigenvalue weighted by molar-refractivity contribution is -0.132. The summed E-state index contributed by atoms with van der Waals surface area (Å²) in [5.41, 5.74) is 2.66. The molecule has 0 atom stereocenters. The fraction of sp³-hybridized carbons (Fsp3) is 0.167. The van der Waals surface area contributed by atoms with E-state index in [9.17, 15) is 9.59 Å². The van der Waals surface area contributed by atoms with Crippen molar-refractivity contribution in [2.24, 2.45) is 0 Å². The Hall–Kier alpha value is -3.13. The van der Waals surface area contributed by atoms with Crippen molar-refractivity contribution in [3.8, 4) is 6.07 Å². The van der Waals surface area contributed by atoms with E-state index in [1.165, 1.54) is 0 Å². The first kappa shape index (κ1) is 16.2. The summed E-state index contributed by atoms with van der Waals surface area (Å²) in [6.07, 6.45) is 0. The van der Waals surface area contributed by atoms with E-state index < -0.39 is 11.8 Å². The number of carbonyl (C=O) groups is 2. The first-order chi connectivity index (χ1) is 11.0. The van der Waals surface area contributed by atoms with E-state index in [0.29, 0.717) is 22.9 Å². The van der Waals surface area contributed by atoms with Crippen LogP contribution in [0.4, 0.5) is 11.4 Å². The number of rotatable bonds is 3. The minimum absolute atomic E-state index is 0.402. The Morgan fingerprint density at radius 3 is 1.70 bits per heavy atom. The predicted molar refractivity (Wildman–Crippen MR) is 88.9 cm³/mol. The number of amides is 2. The predicted octanol–water partition coefficient (Wildman–Crippen LogP) is 3.26. The van der Waals surface area contributed by atoms with Gasteiger partial charge in [0, 0.05) is 11.4 Å². The summed E-state index contributed by atoms with van der Waals surface area (Å²) in [4.78, 5) is 23.7. The lowest BCUT2D eigenvalue weighted by atomic mass is 10.0. The zero-order valence-corrected chi connectivity index (χ0v) is 13.0. The third kappa shape index (κ3) is 4.42. The summed E-state index contributed by atoms with van der Waals surface area (Å²) in [7, 11) is 0. The quantitative estimate of drug-likeness (QED) is 0.854. The third-order valence-electron chi connectivity index (χ3n) is 3.31. The molecule has 0 heterocycles. The molecule has 2 rings (SSSR count). The second kappa shape index (κ2) is 7.23. The minimum Gasteiger partial charge on any atom is -0.318 e. The van der Waals surface area contributed by atoms with Gasteiger partial charge >= 0.3 is 11.8 Å². The van der Waals surface area contributed by atoms with Crippen LogP contribution < -0.4 is 10.6 Å². The second-order valence-electron chi connectivity index (χ2n) is 5.37. The van der Waals surface area contributed by atoms with Crippen LogP contribution in [0.25, 0.3) is 0 Å². The Kier molecular flexibility index (Phi) is 5.11. The molecule has 0 aromatic heterocycles. The fourth-order valence-corrected chi connectivity index (χ4v) is 1.96. The van der Waals surface area contributed by atoms with Crippen molar-refractivity contribution in [2.45, 2.75) is 19.8 Å². The number of anilines is 2. The molecular formula is C18H17N3O2. The van der Waals surface area contributed by atoms with Gasteiger partial charge in [0.05, 0.1) is 11.6 Å². The van der Waals surface area contributed by atoms with Gasteiger partial charge in [-0.15, -0.1) is 0 Å². The van der Waals surface area contributed by atoms with Crippen LogP contribution in [-0.2, 0) is 9.59 Å². The molecule has 0 aliphatic carbocycles. The minimum atomic E-state index is -0.761. The largest absolute Gasteiger partial charge is 0.318 e. The molecular weight excluding hydrogens is 290 g/mol. The van der Waals surface area contributed by atoms with E-state index in [0.717, 1.165) is 5.56 Å². The number of nitriles is 1. The monoisotopic (exact) mass is 307 g/mol. The van der Waals surface area contributed by atoms with Crippen molar-refractivity contribution in [1.29, 1.82) is 5.26 Å². The van der Waals surface area contributed by atoms with Crippen molar-refractivity contribution < 1.29 is 9.59 Å². The van der Waals surface area contributed by atoms with Crippen LogP contribution in [0.15, 0.2) is 48.5 Å². The summed E-state index contributed by atoms with van der Waals surface area (Å²) < 4.78 is 0. The number of hydrogen-bond donors (Lipinski definition) is 2. The number of nitrogens with one attached hydrogen (secondary N) is 2. The van der Waals surface area contributed by atoms with Crippen LogP contribution >= 0.6 is 0 Å². The molecule has 0 spiro atoms. The number of benzene rings is 2. The first-order valence-electron chi connectivity index (χ1n) is 7.22. The highest BCUT2D eigenvalue weighted by atomic mass is 16.2. The molecule has 5 heteroatoms. The molecule has 0 fully saturated rings. The zero-order valence-electron chi connectivity index (χ0n) is 13.0. The van der Waals surface area contributed by atoms with Gasteiger partial charge in [0.1, 0.15) is 0 Å². The molecule has 2 amide bonds. The molecule has 0 bridgehead atoms. The van der Waals surface area contributed by atoms with Gasteiger partial charge in [-0.3, -0.25) is 9.59 Å². The molecule has 0 unspecified atom stereocenters. The van der Waals surface area contributed by atoms with Gasteiger partial charge in [-0.2, -0.15) is 5.26 Å². The molecule has 5 nitrogen and oxygen atoms in total. The molecule has 2 aromatic carbocycles. The van der Waals surface area contributed by atoms with Gasteiger partial charge in [-0.1, -0.05) is 26.0 Å². The van der Waals surface area contributed by atoms with Crippen LogP contribution in [0.5, 0.6) is 0 Å². The van der Waals surface area contributed by atoms with E-state index in [4.69, 9.17) is 5.26 Å². The molecule has 2 aromatic rings. The van der Waals surface area contributed by atoms with Crippen LogP contribution in [0, 0.1) is 11.3 Å². The van der Waals surface area contributed by atoms with Crippen molar-refractivity contribution >= 4 is 23.2 Å². The molecule has 23 heavy (non-hydrogen) atoms. The molecule has 2 N–H and O–H groups in total. The van der Waals surface area contributed by atoms with Gasteiger partial charge in [0.25, 0.3) is 0 Å². The molecule has 0 saturated heterocycles. The van der Waals surface area contributed by atoms with E-state index in [-0.39, 0.29) is 0 Å². The third-order valence-corrected chi connectivity index (χ3v) is 3.31. The van der Waals surface area contributed by atoms with Gasteiger partial charge in [0.15, 0.2) is 0 Å². The van der Waals surface area contributed by atoms with Crippen LogP contribution in [0.3, 0.4) is 0 Å². The van der Waals surface area contributed by atoms with Gasteiger partial charge in [0.2, 0.25) is 0 Å². The van der Waals surface area contributed by atoms with Crippen LogP contribution in [0.1, 0.15) is 30.9 Å². The smallest absolute Gasteiger partial charge is 0.314 e. The second-order valence-corrected chi connectivity index (χ2v) is 5.37. The Bertz CT molecular complexity index is 741. The maximum Gasteiger partial charge on any atom is 0.314 e. The Morgan fingerprint density at radius 2 is 1.30 bits per heavy atom. The van der Waals surface area contributed by atoms with Crippen LogP contribution in [0.2, 0.25) is 0 Å². The summed E-state index contributed by atoms with van der Waals surface area (Å²) in [6, 6.07) is 15.6. The normalized spacial score (nSPS) is 10.0. The Morgan fingerprint density at radius 1 is 0.870 bits per heavy atom. The van der Waals surface area contributed by atoms with Gasteiger partial charge in [-0.25, -0.2) is 0 Å². The molecule has 0 aliphatic heterocycles. The van der Waals surface area contributed by atoms with Gasteiger partial charge in [-0.05, 0) is 47.9 Å². The van der Waals surface area contributed by atoms with E-state index >= 15 is 0 Å². The molecule has 0 saturated carbocycles. The summed E-state index contributed by atoms with van der Waals surface area (Å²) in [5.74, 6) is -1.10. The maximum atomic E-state index is 11.9. The van der Waals surface area contributed by atoms with E-state index in [2.05, 4.69) is 24.5 Å². The summed E-state index contributed by atoms with van der Waals surface area (Å²) in [5, 5.41) is 13.7. The van der Waals surface area contributed by atoms with Gasteiger partial charge < -0.3 is 10.6 Å². The highest BCUT2D eigenvalue weighted by Crippen LogP contribution is 2.17. The maximum absolute atomic E-state index is 11.9. The number of nitrogens with zero attached hydrogens (tertiary/aromatic N) is 1. The molecule has 0 radical (unpaired) electrons. The SMILES string of the molecule is CC(C)c1ccc(NC(=O)C(=O)Nc2ccc(C#N)cc2)cc1. The standard InChI is InChI=1S/C18H17N3O2/c1-12(2)14-5-9-16(10-6-14)21-18(23)17(22)20-15-7-3-13(11-19)4-8-15/h3-10,12H,1-2H3,(H,20,22)(H,21,23). The average Bonchev–Trinajstić information content (AvgIpc) is 2.56. The topological polar surface area (TPSA) is 82.0 Å². The average molecular weight is 307 g/mol. The fourth-order valence-electron chi connectivity index (χ4n) is 1.96. The van der Waals surface area contributed by atoms with Crippen molar-refractivity contribution in [3.05, 3.63) is 59.7 Å². The Balaban J connectivity index is 1.96. The Labute approximate surface area is 134 Å². The summed E-state index contributed by atoms with van der Waals surface area (Å²) in [6.45, 7) is 4.16. The highest BCUT2D eigenvalue weighted by Gasteiger charge is 2.14. The first-order valence-corrected chi connectivity index (χ1v) is 7.22. The van der Waals surface area contributed by atoms with Crippen molar-refractivity contribution in [2.75, 3.05) is 10.6 Å². The highest BCUT2D eigenvalue weighted by molar-refractivity contribution is 6.43. The lowest BCUT2D eigenvalue weighted by Crippen LogP contribution is -2.29. The van der Waals surface area contributed by atoms with E-state index in [1.807, 2.05) is 18.2 Å². The lowest BCUT2D eigenvalue weighted by Gasteiger charge is -2.09. The molecule has 0 aliphatic rings. The molecule has 116 valence electrons. The van der Waals surface area contributed by atoms with E-state index in [1.54, 1.807) is 36.4 Å². The number of carbonyl (C=O) groups excluding carboxylic acids is 2. The zero-order chi connectivity index (χ0) is 16.8. The van der Waals surface area contributed by atoms with Crippen molar-refractivity contribution in [3.63, 3.8) is 0 Å². The van der Waals surface area contributed by atoms with Crippen molar-refractivity contribution in [1.82, 2.24) is 0 Å².